The first-order valence-corrected chi connectivity index (χ1v) is 3.68. The van der Waals surface area contributed by atoms with Crippen molar-refractivity contribution in [1.82, 2.24) is 0 Å². The highest BCUT2D eigenvalue weighted by Gasteiger charge is 2.09. The van der Waals surface area contributed by atoms with Crippen LogP contribution in [0.3, 0.4) is 0 Å². The van der Waals surface area contributed by atoms with Gasteiger partial charge in [-0.15, -0.1) is 0 Å². The molecule has 0 aliphatic carbocycles. The highest BCUT2D eigenvalue weighted by Crippen LogP contribution is 1.98. The standard InChI is InChI=1S/C8H9FN2O2/c9-6-1-2-11(13)8(3-6)4-7(10)5-12/h1-3,10,12H,4-5H2. The minimum atomic E-state index is -0.521. The zero-order valence-corrected chi connectivity index (χ0v) is 6.83. The summed E-state index contributed by atoms with van der Waals surface area (Å²) in [6.07, 6.45) is 1.01. The van der Waals surface area contributed by atoms with E-state index in [2.05, 4.69) is 0 Å². The van der Waals surface area contributed by atoms with E-state index in [1.54, 1.807) is 0 Å². The van der Waals surface area contributed by atoms with Gasteiger partial charge in [-0.3, -0.25) is 0 Å². The van der Waals surface area contributed by atoms with Crippen molar-refractivity contribution in [3.05, 3.63) is 35.0 Å². The fraction of sp³-hybridized carbons (Fsp3) is 0.250. The van der Waals surface area contributed by atoms with E-state index in [1.165, 1.54) is 0 Å². The maximum atomic E-state index is 12.6. The second kappa shape index (κ2) is 3.95. The highest BCUT2D eigenvalue weighted by molar-refractivity contribution is 5.83. The maximum Gasteiger partial charge on any atom is 0.201 e. The first-order chi connectivity index (χ1) is 6.13. The molecule has 0 fully saturated rings. The number of aliphatic hydroxyl groups is 1. The first-order valence-electron chi connectivity index (χ1n) is 3.68. The van der Waals surface area contributed by atoms with Gasteiger partial charge in [-0.2, -0.15) is 4.73 Å². The van der Waals surface area contributed by atoms with Crippen LogP contribution >= 0.6 is 0 Å². The van der Waals surface area contributed by atoms with E-state index in [4.69, 9.17) is 10.5 Å². The topological polar surface area (TPSA) is 71.0 Å². The maximum absolute atomic E-state index is 12.6. The molecule has 0 radical (unpaired) electrons. The van der Waals surface area contributed by atoms with E-state index >= 15 is 0 Å². The van der Waals surface area contributed by atoms with Crippen LogP contribution in [-0.2, 0) is 6.42 Å². The molecular formula is C8H9FN2O2. The summed E-state index contributed by atoms with van der Waals surface area (Å²) >= 11 is 0. The van der Waals surface area contributed by atoms with Crippen molar-refractivity contribution in [2.24, 2.45) is 0 Å². The number of halogens is 1. The SMILES string of the molecule is N=C(CO)Cc1cc(F)cc[n+]1[O-]. The summed E-state index contributed by atoms with van der Waals surface area (Å²) < 4.78 is 13.1. The van der Waals surface area contributed by atoms with Gasteiger partial charge in [0.1, 0.15) is 5.82 Å². The van der Waals surface area contributed by atoms with Gasteiger partial charge in [-0.1, -0.05) is 0 Å². The zero-order chi connectivity index (χ0) is 9.84. The summed E-state index contributed by atoms with van der Waals surface area (Å²) in [6.45, 7) is -0.420. The molecule has 0 unspecified atom stereocenters. The highest BCUT2D eigenvalue weighted by atomic mass is 19.1. The van der Waals surface area contributed by atoms with Crippen LogP contribution in [-0.4, -0.2) is 17.4 Å². The number of hydrogen-bond acceptors (Lipinski definition) is 3. The Hall–Kier alpha value is -1.49. The number of aromatic nitrogens is 1. The van der Waals surface area contributed by atoms with Gasteiger partial charge in [0, 0.05) is 17.8 Å². The molecule has 70 valence electrons. The van der Waals surface area contributed by atoms with Crippen LogP contribution in [0.15, 0.2) is 18.3 Å². The summed E-state index contributed by atoms with van der Waals surface area (Å²) in [5, 5.41) is 26.6. The fourth-order valence-corrected chi connectivity index (χ4v) is 0.909. The van der Waals surface area contributed by atoms with Gasteiger partial charge in [-0.05, 0) is 0 Å². The van der Waals surface area contributed by atoms with Crippen LogP contribution in [0.1, 0.15) is 5.69 Å². The van der Waals surface area contributed by atoms with Gasteiger partial charge < -0.3 is 15.7 Å². The van der Waals surface area contributed by atoms with Gasteiger partial charge in [0.2, 0.25) is 5.69 Å². The first kappa shape index (κ1) is 9.60. The Kier molecular flexibility index (Phi) is 2.92. The Balaban J connectivity index is 2.87. The van der Waals surface area contributed by atoms with Gasteiger partial charge >= 0.3 is 0 Å². The number of nitrogens with one attached hydrogen (secondary N) is 1. The van der Waals surface area contributed by atoms with Crippen LogP contribution in [0.5, 0.6) is 0 Å². The smallest absolute Gasteiger partial charge is 0.201 e. The lowest BCUT2D eigenvalue weighted by molar-refractivity contribution is -0.613. The van der Waals surface area contributed by atoms with E-state index in [9.17, 15) is 9.60 Å². The zero-order valence-electron chi connectivity index (χ0n) is 6.83. The molecule has 0 saturated carbocycles. The summed E-state index contributed by atoms with van der Waals surface area (Å²) in [6, 6.07) is 2.09. The summed E-state index contributed by atoms with van der Waals surface area (Å²) in [4.78, 5) is 0. The Morgan fingerprint density at radius 1 is 1.69 bits per heavy atom. The molecule has 0 atom stereocenters. The third kappa shape index (κ3) is 2.48. The number of hydrogen-bond donors (Lipinski definition) is 2. The molecule has 2 N–H and O–H groups in total. The van der Waals surface area contributed by atoms with Crippen molar-refractivity contribution in [1.29, 1.82) is 5.41 Å². The molecule has 0 aromatic carbocycles. The third-order valence-corrected chi connectivity index (χ3v) is 1.54. The van der Waals surface area contributed by atoms with E-state index in [0.29, 0.717) is 4.73 Å². The predicted octanol–water partition coefficient (Wildman–Crippen LogP) is 0.0137. The van der Waals surface area contributed by atoms with Crippen molar-refractivity contribution < 1.29 is 14.2 Å². The molecule has 0 amide bonds. The van der Waals surface area contributed by atoms with Crippen LogP contribution in [0.2, 0.25) is 0 Å². The summed E-state index contributed by atoms with van der Waals surface area (Å²) in [7, 11) is 0. The van der Waals surface area contributed by atoms with E-state index < -0.39 is 12.4 Å². The van der Waals surface area contributed by atoms with Crippen molar-refractivity contribution in [2.45, 2.75) is 6.42 Å². The minimum absolute atomic E-state index is 0.0183. The lowest BCUT2D eigenvalue weighted by Gasteiger charge is -2.03. The number of nitrogens with zero attached hydrogens (tertiary/aromatic N) is 1. The average molecular weight is 184 g/mol. The molecule has 1 rings (SSSR count). The van der Waals surface area contributed by atoms with Crippen LogP contribution in [0, 0.1) is 16.4 Å². The monoisotopic (exact) mass is 184 g/mol. The predicted molar refractivity (Wildman–Crippen MR) is 43.9 cm³/mol. The molecule has 1 aromatic heterocycles. The van der Waals surface area contributed by atoms with Crippen LogP contribution in [0.4, 0.5) is 4.39 Å². The molecule has 0 bridgehead atoms. The Morgan fingerprint density at radius 2 is 2.38 bits per heavy atom. The Bertz CT molecular complexity index is 328. The largest absolute Gasteiger partial charge is 0.618 e. The fourth-order valence-electron chi connectivity index (χ4n) is 0.909. The number of pyridine rings is 1. The van der Waals surface area contributed by atoms with Crippen molar-refractivity contribution in [2.75, 3.05) is 6.61 Å². The Labute approximate surface area is 74.3 Å². The molecule has 1 heterocycles. The van der Waals surface area contributed by atoms with Crippen LogP contribution in [0.25, 0.3) is 0 Å². The summed E-state index contributed by atoms with van der Waals surface area (Å²) in [5.41, 5.74) is 0.106. The van der Waals surface area contributed by atoms with Crippen molar-refractivity contribution in [3.8, 4) is 0 Å². The lowest BCUT2D eigenvalue weighted by Crippen LogP contribution is -2.33. The van der Waals surface area contributed by atoms with Gasteiger partial charge in [0.25, 0.3) is 0 Å². The Morgan fingerprint density at radius 3 is 3.00 bits per heavy atom. The molecule has 13 heavy (non-hydrogen) atoms. The van der Waals surface area contributed by atoms with Gasteiger partial charge in [0.05, 0.1) is 13.0 Å². The second-order valence-electron chi connectivity index (χ2n) is 2.60. The van der Waals surface area contributed by atoms with Gasteiger partial charge in [-0.25, -0.2) is 4.39 Å². The minimum Gasteiger partial charge on any atom is -0.618 e. The van der Waals surface area contributed by atoms with E-state index in [0.717, 1.165) is 18.3 Å². The van der Waals surface area contributed by atoms with Gasteiger partial charge in [0.15, 0.2) is 6.20 Å². The molecule has 4 nitrogen and oxygen atoms in total. The van der Waals surface area contributed by atoms with E-state index in [1.807, 2.05) is 0 Å². The summed E-state index contributed by atoms with van der Waals surface area (Å²) in [5.74, 6) is -0.521. The molecular weight excluding hydrogens is 175 g/mol. The molecule has 0 aliphatic rings. The molecule has 0 saturated heterocycles. The number of aliphatic hydroxyl groups excluding tert-OH is 1. The quantitative estimate of drug-likeness (QED) is 0.394. The average Bonchev–Trinajstić information content (AvgIpc) is 2.11. The van der Waals surface area contributed by atoms with Crippen molar-refractivity contribution >= 4 is 5.71 Å². The number of rotatable bonds is 3. The van der Waals surface area contributed by atoms with E-state index in [-0.39, 0.29) is 17.8 Å². The molecule has 0 spiro atoms. The lowest BCUT2D eigenvalue weighted by atomic mass is 10.2. The molecule has 1 aromatic rings. The molecule has 5 heteroatoms. The second-order valence-corrected chi connectivity index (χ2v) is 2.60. The van der Waals surface area contributed by atoms with Crippen LogP contribution < -0.4 is 4.73 Å². The third-order valence-electron chi connectivity index (χ3n) is 1.54. The van der Waals surface area contributed by atoms with Crippen molar-refractivity contribution in [3.63, 3.8) is 0 Å². The normalized spacial score (nSPS) is 10.0. The molecule has 0 aliphatic heterocycles.